The van der Waals surface area contributed by atoms with Gasteiger partial charge in [0.25, 0.3) is 0 Å². The Balaban J connectivity index is 2.08. The number of aromatic nitrogens is 3. The molecule has 7 heteroatoms. The van der Waals surface area contributed by atoms with Crippen molar-refractivity contribution in [1.82, 2.24) is 19.5 Å². The first-order valence-electron chi connectivity index (χ1n) is 9.91. The highest BCUT2D eigenvalue weighted by Crippen LogP contribution is 2.28. The SMILES string of the molecule is CCN(CC)C(=O)Cc1c(-c2ccc(OCC[18F])cc2)nc2c(C)cc(C)nn12. The molecule has 2 heterocycles. The maximum Gasteiger partial charge on any atom is 0.228 e. The molecule has 154 valence electrons. The number of halogens is 1. The summed E-state index contributed by atoms with van der Waals surface area (Å²) in [5, 5.41) is 4.62. The van der Waals surface area contributed by atoms with E-state index in [1.807, 2.05) is 45.9 Å². The Kier molecular flexibility index (Phi) is 6.46. The number of benzene rings is 1. The molecule has 0 unspecified atom stereocenters. The van der Waals surface area contributed by atoms with Gasteiger partial charge in [-0.1, -0.05) is 0 Å². The van der Waals surface area contributed by atoms with Crippen LogP contribution in [0.1, 0.15) is 30.8 Å². The summed E-state index contributed by atoms with van der Waals surface area (Å²) in [6.45, 7) is 8.68. The Hall–Kier alpha value is -2.96. The lowest BCUT2D eigenvalue weighted by molar-refractivity contribution is -0.130. The molecule has 6 nitrogen and oxygen atoms in total. The van der Waals surface area contributed by atoms with Crippen LogP contribution in [0.5, 0.6) is 5.75 Å². The number of ether oxygens (including phenoxy) is 1. The molecule has 0 atom stereocenters. The quantitative estimate of drug-likeness (QED) is 0.581. The smallest absolute Gasteiger partial charge is 0.228 e. The van der Waals surface area contributed by atoms with Crippen LogP contribution in [-0.2, 0) is 11.2 Å². The van der Waals surface area contributed by atoms with Crippen LogP contribution in [-0.4, -0.2) is 51.8 Å². The predicted molar refractivity (Wildman–Crippen MR) is 111 cm³/mol. The number of fused-ring (bicyclic) bond motifs is 1. The van der Waals surface area contributed by atoms with Crippen molar-refractivity contribution in [2.45, 2.75) is 34.1 Å². The third-order valence-electron chi connectivity index (χ3n) is 4.89. The number of likely N-dealkylation sites (N-methyl/N-ethyl adjacent to an activating group) is 1. The average molecular weight is 397 g/mol. The Morgan fingerprint density at radius 3 is 2.48 bits per heavy atom. The molecule has 1 amide bonds. The van der Waals surface area contributed by atoms with Crippen LogP contribution in [0.25, 0.3) is 16.9 Å². The summed E-state index contributed by atoms with van der Waals surface area (Å²) >= 11 is 0. The molecule has 0 spiro atoms. The number of carbonyl (C=O) groups is 1. The van der Waals surface area contributed by atoms with E-state index < -0.39 is 6.67 Å². The van der Waals surface area contributed by atoms with Crippen LogP contribution in [0.3, 0.4) is 0 Å². The van der Waals surface area contributed by atoms with E-state index in [0.29, 0.717) is 18.8 Å². The fourth-order valence-corrected chi connectivity index (χ4v) is 3.46. The van der Waals surface area contributed by atoms with Gasteiger partial charge in [0.2, 0.25) is 5.91 Å². The maximum absolute atomic E-state index is 12.8. The number of hydrogen-bond donors (Lipinski definition) is 0. The molecule has 1 aromatic carbocycles. The highest BCUT2D eigenvalue weighted by Gasteiger charge is 2.21. The molecule has 0 fully saturated rings. The van der Waals surface area contributed by atoms with Gasteiger partial charge in [-0.2, -0.15) is 5.10 Å². The van der Waals surface area contributed by atoms with Crippen LogP contribution < -0.4 is 4.74 Å². The van der Waals surface area contributed by atoms with Gasteiger partial charge in [-0.3, -0.25) is 4.79 Å². The minimum atomic E-state index is -0.532. The Bertz CT molecular complexity index is 994. The van der Waals surface area contributed by atoms with Gasteiger partial charge in [0.05, 0.1) is 23.5 Å². The van der Waals surface area contributed by atoms with Crippen LogP contribution in [0.15, 0.2) is 30.3 Å². The second-order valence-electron chi connectivity index (χ2n) is 6.92. The lowest BCUT2D eigenvalue weighted by atomic mass is 10.1. The number of alkyl halides is 1. The summed E-state index contributed by atoms with van der Waals surface area (Å²) in [5.41, 5.74) is 4.96. The highest BCUT2D eigenvalue weighted by atomic mass is 18.2. The fraction of sp³-hybridized carbons (Fsp3) is 0.409. The third kappa shape index (κ3) is 4.39. The standard InChI is InChI=1S/C22H27FN4O2/c1-5-26(6-2)20(28)14-19-21(17-7-9-18(10-8-17)29-12-11-23)24-22-15(3)13-16(4)25-27(19)22/h7-10,13H,5-6,11-12,14H2,1-4H3/i23-1. The highest BCUT2D eigenvalue weighted by molar-refractivity contribution is 5.81. The number of amides is 1. The zero-order chi connectivity index (χ0) is 21.0. The van der Waals surface area contributed by atoms with Crippen LogP contribution >= 0.6 is 0 Å². The van der Waals surface area contributed by atoms with Crippen LogP contribution in [0.4, 0.5) is 4.39 Å². The minimum absolute atomic E-state index is 0.0275. The summed E-state index contributed by atoms with van der Waals surface area (Å²) < 4.78 is 19.4. The van der Waals surface area contributed by atoms with Crippen molar-refractivity contribution < 1.29 is 13.9 Å². The van der Waals surface area contributed by atoms with E-state index in [4.69, 9.17) is 9.72 Å². The number of aryl methyl sites for hydroxylation is 2. The maximum atomic E-state index is 12.8. The Labute approximate surface area is 170 Å². The summed E-state index contributed by atoms with van der Waals surface area (Å²) in [5.74, 6) is 0.642. The molecule has 3 aromatic rings. The molecule has 0 saturated carbocycles. The molecule has 0 bridgehead atoms. The van der Waals surface area contributed by atoms with Crippen molar-refractivity contribution in [3.63, 3.8) is 0 Å². The first-order chi connectivity index (χ1) is 14.0. The predicted octanol–water partition coefficient (Wildman–Crippen LogP) is 3.77. The molecule has 0 saturated heterocycles. The van der Waals surface area contributed by atoms with Gasteiger partial charge in [0.1, 0.15) is 19.0 Å². The monoisotopic (exact) mass is 397 g/mol. The lowest BCUT2D eigenvalue weighted by Gasteiger charge is -2.18. The van der Waals surface area contributed by atoms with Crippen molar-refractivity contribution in [1.29, 1.82) is 0 Å². The van der Waals surface area contributed by atoms with E-state index in [1.165, 1.54) is 0 Å². The van der Waals surface area contributed by atoms with E-state index in [2.05, 4.69) is 5.10 Å². The van der Waals surface area contributed by atoms with Gasteiger partial charge in [0.15, 0.2) is 5.65 Å². The summed E-state index contributed by atoms with van der Waals surface area (Å²) in [7, 11) is 0. The second-order valence-corrected chi connectivity index (χ2v) is 6.92. The molecule has 2 aromatic heterocycles. The zero-order valence-corrected chi connectivity index (χ0v) is 17.4. The molecule has 0 radical (unpaired) electrons. The molecular weight excluding hydrogens is 370 g/mol. The Morgan fingerprint density at radius 1 is 1.17 bits per heavy atom. The van der Waals surface area contributed by atoms with Crippen LogP contribution in [0, 0.1) is 13.8 Å². The third-order valence-corrected chi connectivity index (χ3v) is 4.89. The zero-order valence-electron chi connectivity index (χ0n) is 17.4. The summed E-state index contributed by atoms with van der Waals surface area (Å²) in [4.78, 5) is 19.5. The number of rotatable bonds is 8. The topological polar surface area (TPSA) is 59.7 Å². The largest absolute Gasteiger partial charge is 0.491 e. The molecule has 29 heavy (non-hydrogen) atoms. The van der Waals surface area contributed by atoms with Gasteiger partial charge in [-0.15, -0.1) is 0 Å². The van der Waals surface area contributed by atoms with Gasteiger partial charge >= 0.3 is 0 Å². The van der Waals surface area contributed by atoms with Crippen molar-refractivity contribution in [2.24, 2.45) is 0 Å². The van der Waals surface area contributed by atoms with E-state index in [1.54, 1.807) is 21.5 Å². The Morgan fingerprint density at radius 2 is 1.86 bits per heavy atom. The fourth-order valence-electron chi connectivity index (χ4n) is 3.46. The normalized spacial score (nSPS) is 11.1. The van der Waals surface area contributed by atoms with E-state index in [9.17, 15) is 9.18 Å². The molecule has 0 aliphatic heterocycles. The second kappa shape index (κ2) is 9.03. The van der Waals surface area contributed by atoms with Crippen molar-refractivity contribution in [3.05, 3.63) is 47.3 Å². The van der Waals surface area contributed by atoms with Crippen molar-refractivity contribution in [3.8, 4) is 17.0 Å². The number of carbonyl (C=O) groups excluding carboxylic acids is 1. The molecule has 0 aliphatic rings. The number of imidazole rings is 1. The number of hydrogen-bond acceptors (Lipinski definition) is 4. The first kappa shape index (κ1) is 20.8. The minimum Gasteiger partial charge on any atom is -0.491 e. The lowest BCUT2D eigenvalue weighted by Crippen LogP contribution is -2.32. The van der Waals surface area contributed by atoms with E-state index in [0.717, 1.165) is 33.9 Å². The van der Waals surface area contributed by atoms with E-state index >= 15 is 0 Å². The number of nitrogens with zero attached hydrogens (tertiary/aromatic N) is 4. The molecule has 3 rings (SSSR count). The summed E-state index contributed by atoms with van der Waals surface area (Å²) in [6, 6.07) is 9.31. The molecule has 0 N–H and O–H groups in total. The van der Waals surface area contributed by atoms with Gasteiger partial charge < -0.3 is 9.64 Å². The van der Waals surface area contributed by atoms with Gasteiger partial charge in [-0.05, 0) is 63.6 Å². The first-order valence-corrected chi connectivity index (χ1v) is 9.91. The van der Waals surface area contributed by atoms with Gasteiger partial charge in [0, 0.05) is 18.7 Å². The van der Waals surface area contributed by atoms with Crippen LogP contribution in [0.2, 0.25) is 0 Å². The van der Waals surface area contributed by atoms with Crippen molar-refractivity contribution >= 4 is 11.6 Å². The average Bonchev–Trinajstić information content (AvgIpc) is 3.06. The molecule has 0 aliphatic carbocycles. The summed E-state index contributed by atoms with van der Waals surface area (Å²) in [6.07, 6.45) is 0.216. The molecular formula is C22H27FN4O2. The van der Waals surface area contributed by atoms with Gasteiger partial charge in [-0.25, -0.2) is 13.9 Å². The van der Waals surface area contributed by atoms with E-state index in [-0.39, 0.29) is 18.9 Å². The van der Waals surface area contributed by atoms with Crippen molar-refractivity contribution in [2.75, 3.05) is 26.4 Å².